The highest BCUT2D eigenvalue weighted by atomic mass is 35.5. The summed E-state index contributed by atoms with van der Waals surface area (Å²) in [5.41, 5.74) is 2.11. The van der Waals surface area contributed by atoms with E-state index in [1.54, 1.807) is 19.1 Å². The van der Waals surface area contributed by atoms with Crippen molar-refractivity contribution in [3.63, 3.8) is 0 Å². The van der Waals surface area contributed by atoms with E-state index in [2.05, 4.69) is 20.4 Å². The standard InChI is InChI=1S/C21H18ClFN4O4/c1-11-24-20(31-26-11)7-14-9-29-18-6-13(23)2-3-17(18)27(14)8-12-4-15(22)21-16(5-12)25-19(28)10-30-21/h2-6,14H,7-10H2,1H3,(H,25,28). The molecule has 160 valence electrons. The Bertz CT molecular complexity index is 1170. The van der Waals surface area contributed by atoms with Crippen LogP contribution in [0.1, 0.15) is 17.3 Å². The number of carbonyl (C=O) groups excluding carboxylic acids is 1. The molecule has 8 nitrogen and oxygen atoms in total. The van der Waals surface area contributed by atoms with Gasteiger partial charge in [-0.05, 0) is 36.8 Å². The molecule has 3 aromatic rings. The summed E-state index contributed by atoms with van der Waals surface area (Å²) in [5, 5.41) is 7.04. The van der Waals surface area contributed by atoms with Crippen LogP contribution in [0.15, 0.2) is 34.9 Å². The van der Waals surface area contributed by atoms with Gasteiger partial charge in [0.2, 0.25) is 5.89 Å². The molecule has 0 aliphatic carbocycles. The Labute approximate surface area is 181 Å². The van der Waals surface area contributed by atoms with E-state index in [0.29, 0.717) is 53.5 Å². The fourth-order valence-corrected chi connectivity index (χ4v) is 4.12. The summed E-state index contributed by atoms with van der Waals surface area (Å²) in [4.78, 5) is 18.1. The predicted molar refractivity (Wildman–Crippen MR) is 110 cm³/mol. The second-order valence-electron chi connectivity index (χ2n) is 7.44. The molecule has 0 fully saturated rings. The number of rotatable bonds is 4. The molecule has 10 heteroatoms. The molecule has 0 radical (unpaired) electrons. The summed E-state index contributed by atoms with van der Waals surface area (Å²) in [5.74, 6) is 1.34. The summed E-state index contributed by atoms with van der Waals surface area (Å²) in [6.45, 7) is 2.44. The van der Waals surface area contributed by atoms with Gasteiger partial charge in [0.15, 0.2) is 18.2 Å². The number of benzene rings is 2. The van der Waals surface area contributed by atoms with E-state index in [1.807, 2.05) is 6.07 Å². The number of aryl methyl sites for hydroxylation is 1. The minimum atomic E-state index is -0.374. The normalized spacial score (nSPS) is 17.3. The van der Waals surface area contributed by atoms with Crippen molar-refractivity contribution in [1.82, 2.24) is 10.1 Å². The Hall–Kier alpha value is -3.33. The average molecular weight is 445 g/mol. The molecule has 5 rings (SSSR count). The maximum absolute atomic E-state index is 13.8. The van der Waals surface area contributed by atoms with Crippen molar-refractivity contribution < 1.29 is 23.2 Å². The summed E-state index contributed by atoms with van der Waals surface area (Å²) in [7, 11) is 0. The topological polar surface area (TPSA) is 89.7 Å². The lowest BCUT2D eigenvalue weighted by Crippen LogP contribution is -2.44. The van der Waals surface area contributed by atoms with Crippen molar-refractivity contribution in [2.45, 2.75) is 25.9 Å². The van der Waals surface area contributed by atoms with E-state index >= 15 is 0 Å². The van der Waals surface area contributed by atoms with Crippen molar-refractivity contribution in [2.75, 3.05) is 23.4 Å². The molecular formula is C21H18ClFN4O4. The maximum atomic E-state index is 13.8. The molecule has 1 aromatic heterocycles. The number of carbonyl (C=O) groups is 1. The Balaban J connectivity index is 1.49. The zero-order valence-electron chi connectivity index (χ0n) is 16.5. The van der Waals surface area contributed by atoms with Crippen molar-refractivity contribution in [3.05, 3.63) is 58.5 Å². The summed E-state index contributed by atoms with van der Waals surface area (Å²) < 4.78 is 30.3. The average Bonchev–Trinajstić information content (AvgIpc) is 3.14. The van der Waals surface area contributed by atoms with Gasteiger partial charge in [0.05, 0.1) is 28.9 Å². The first-order valence-corrected chi connectivity index (χ1v) is 10.1. The molecule has 3 heterocycles. The van der Waals surface area contributed by atoms with Crippen LogP contribution in [0.2, 0.25) is 5.02 Å². The van der Waals surface area contributed by atoms with Crippen molar-refractivity contribution in [1.29, 1.82) is 0 Å². The fraction of sp³-hybridized carbons (Fsp3) is 0.286. The van der Waals surface area contributed by atoms with Crippen LogP contribution >= 0.6 is 11.6 Å². The van der Waals surface area contributed by atoms with Crippen LogP contribution in [-0.2, 0) is 17.8 Å². The Morgan fingerprint density at radius 3 is 2.97 bits per heavy atom. The third kappa shape index (κ3) is 3.88. The fourth-order valence-electron chi connectivity index (χ4n) is 3.82. The van der Waals surface area contributed by atoms with Gasteiger partial charge in [-0.2, -0.15) is 4.98 Å². The van der Waals surface area contributed by atoms with Crippen LogP contribution < -0.4 is 19.7 Å². The zero-order valence-corrected chi connectivity index (χ0v) is 17.3. The van der Waals surface area contributed by atoms with Gasteiger partial charge in [-0.15, -0.1) is 0 Å². The monoisotopic (exact) mass is 444 g/mol. The number of aromatic nitrogens is 2. The number of fused-ring (bicyclic) bond motifs is 2. The van der Waals surface area contributed by atoms with Crippen LogP contribution in [0.4, 0.5) is 15.8 Å². The molecule has 0 saturated carbocycles. The van der Waals surface area contributed by atoms with Gasteiger partial charge in [0.1, 0.15) is 18.2 Å². The molecule has 31 heavy (non-hydrogen) atoms. The van der Waals surface area contributed by atoms with Gasteiger partial charge in [0.25, 0.3) is 5.91 Å². The third-order valence-electron chi connectivity index (χ3n) is 5.16. The molecular weight excluding hydrogens is 427 g/mol. The first-order valence-electron chi connectivity index (χ1n) is 9.69. The van der Waals surface area contributed by atoms with Gasteiger partial charge in [0, 0.05) is 12.6 Å². The van der Waals surface area contributed by atoms with Gasteiger partial charge in [-0.1, -0.05) is 16.8 Å². The van der Waals surface area contributed by atoms with Crippen LogP contribution in [0, 0.1) is 12.7 Å². The molecule has 1 amide bonds. The smallest absolute Gasteiger partial charge is 0.262 e. The molecule has 1 N–H and O–H groups in total. The van der Waals surface area contributed by atoms with E-state index in [1.165, 1.54) is 12.1 Å². The first kappa shape index (κ1) is 19.6. The molecule has 2 aliphatic rings. The number of halogens is 2. The largest absolute Gasteiger partial charge is 0.489 e. The second-order valence-corrected chi connectivity index (χ2v) is 7.84. The summed E-state index contributed by atoms with van der Waals surface area (Å²) >= 11 is 6.40. The SMILES string of the molecule is Cc1noc(CC2COc3cc(F)ccc3N2Cc2cc(Cl)c3c(c2)NC(=O)CO3)n1. The number of ether oxygens (including phenoxy) is 2. The molecule has 0 saturated heterocycles. The van der Waals surface area contributed by atoms with Crippen molar-refractivity contribution >= 4 is 28.9 Å². The maximum Gasteiger partial charge on any atom is 0.262 e. The molecule has 0 bridgehead atoms. The highest BCUT2D eigenvalue weighted by Crippen LogP contribution is 2.40. The number of hydrogen-bond acceptors (Lipinski definition) is 7. The van der Waals surface area contributed by atoms with Gasteiger partial charge in [-0.3, -0.25) is 4.79 Å². The van der Waals surface area contributed by atoms with E-state index in [-0.39, 0.29) is 24.4 Å². The number of nitrogens with zero attached hydrogens (tertiary/aromatic N) is 3. The summed E-state index contributed by atoms with van der Waals surface area (Å²) in [6, 6.07) is 7.92. The summed E-state index contributed by atoms with van der Waals surface area (Å²) in [6.07, 6.45) is 0.455. The number of nitrogens with one attached hydrogen (secondary N) is 1. The molecule has 1 unspecified atom stereocenters. The molecule has 2 aliphatic heterocycles. The van der Waals surface area contributed by atoms with E-state index in [9.17, 15) is 9.18 Å². The van der Waals surface area contributed by atoms with Gasteiger partial charge in [-0.25, -0.2) is 4.39 Å². The lowest BCUT2D eigenvalue weighted by molar-refractivity contribution is -0.118. The Morgan fingerprint density at radius 1 is 1.29 bits per heavy atom. The van der Waals surface area contributed by atoms with Gasteiger partial charge < -0.3 is 24.2 Å². The third-order valence-corrected chi connectivity index (χ3v) is 5.44. The van der Waals surface area contributed by atoms with Crippen molar-refractivity contribution in [3.8, 4) is 11.5 Å². The van der Waals surface area contributed by atoms with E-state index in [0.717, 1.165) is 11.3 Å². The Morgan fingerprint density at radius 2 is 2.16 bits per heavy atom. The Kier molecular flexibility index (Phi) is 4.90. The van der Waals surface area contributed by atoms with E-state index in [4.69, 9.17) is 25.6 Å². The van der Waals surface area contributed by atoms with Crippen molar-refractivity contribution in [2.24, 2.45) is 0 Å². The molecule has 0 spiro atoms. The quantitative estimate of drug-likeness (QED) is 0.658. The van der Waals surface area contributed by atoms with Crippen LogP contribution in [0.5, 0.6) is 11.5 Å². The predicted octanol–water partition coefficient (Wildman–Crippen LogP) is 3.51. The number of anilines is 2. The lowest BCUT2D eigenvalue weighted by atomic mass is 10.1. The van der Waals surface area contributed by atoms with Gasteiger partial charge >= 0.3 is 0 Å². The molecule has 2 aromatic carbocycles. The minimum absolute atomic E-state index is 0.0693. The highest BCUT2D eigenvalue weighted by molar-refractivity contribution is 6.33. The minimum Gasteiger partial charge on any atom is -0.489 e. The number of amides is 1. The second kappa shape index (κ2) is 7.73. The highest BCUT2D eigenvalue weighted by Gasteiger charge is 2.30. The lowest BCUT2D eigenvalue weighted by Gasteiger charge is -2.38. The van der Waals surface area contributed by atoms with Crippen LogP contribution in [-0.4, -0.2) is 35.3 Å². The van der Waals surface area contributed by atoms with E-state index < -0.39 is 0 Å². The zero-order chi connectivity index (χ0) is 21.5. The first-order chi connectivity index (χ1) is 15.0. The van der Waals surface area contributed by atoms with Crippen LogP contribution in [0.3, 0.4) is 0 Å². The number of hydrogen-bond donors (Lipinski definition) is 1. The molecule has 1 atom stereocenters. The van der Waals surface area contributed by atoms with Crippen LogP contribution in [0.25, 0.3) is 0 Å².